The van der Waals surface area contributed by atoms with Gasteiger partial charge in [-0.2, -0.15) is 0 Å². The lowest BCUT2D eigenvalue weighted by Crippen LogP contribution is -2.42. The molecule has 32 heavy (non-hydrogen) atoms. The highest BCUT2D eigenvalue weighted by molar-refractivity contribution is 7.89. The Hall–Kier alpha value is -2.46. The first-order valence-electron chi connectivity index (χ1n) is 11.0. The van der Waals surface area contributed by atoms with Crippen LogP contribution in [0, 0.1) is 0 Å². The van der Waals surface area contributed by atoms with Crippen molar-refractivity contribution in [2.75, 3.05) is 27.2 Å². The second kappa shape index (κ2) is 9.99. The van der Waals surface area contributed by atoms with Gasteiger partial charge in [0.25, 0.3) is 5.91 Å². The fourth-order valence-corrected chi connectivity index (χ4v) is 4.89. The molecule has 1 aliphatic heterocycles. The number of aromatic nitrogens is 2. The normalized spacial score (nSPS) is 15.8. The summed E-state index contributed by atoms with van der Waals surface area (Å²) in [6.45, 7) is 5.64. The van der Waals surface area contributed by atoms with E-state index < -0.39 is 22.1 Å². The Morgan fingerprint density at radius 2 is 1.88 bits per heavy atom. The number of aryl methyl sites for hydroxylation is 2. The molecule has 2 aromatic rings. The molecule has 1 saturated heterocycles. The number of nitrogens with zero attached hydrogens (tertiary/aromatic N) is 4. The SMILES string of the molecule is CCn1c(CCC(=O)O[C@H](C)C(=O)N2CCCCC2)nc2cc(S(=O)(=O)N(C)C)ccc21. The second-order valence-electron chi connectivity index (χ2n) is 8.23. The van der Waals surface area contributed by atoms with Crippen molar-refractivity contribution in [2.24, 2.45) is 0 Å². The Bertz CT molecular complexity index is 1090. The predicted molar refractivity (Wildman–Crippen MR) is 121 cm³/mol. The summed E-state index contributed by atoms with van der Waals surface area (Å²) in [5.41, 5.74) is 1.37. The molecule has 10 heteroatoms. The summed E-state index contributed by atoms with van der Waals surface area (Å²) in [4.78, 5) is 31.3. The monoisotopic (exact) mass is 464 g/mol. The molecule has 0 unspecified atom stereocenters. The molecule has 1 fully saturated rings. The molecule has 1 atom stereocenters. The van der Waals surface area contributed by atoms with Crippen LogP contribution in [0.15, 0.2) is 23.1 Å². The first-order valence-corrected chi connectivity index (χ1v) is 12.5. The summed E-state index contributed by atoms with van der Waals surface area (Å²) >= 11 is 0. The average molecular weight is 465 g/mol. The van der Waals surface area contributed by atoms with Gasteiger partial charge in [0.1, 0.15) is 5.82 Å². The Balaban J connectivity index is 1.68. The van der Waals surface area contributed by atoms with Crippen LogP contribution in [0.3, 0.4) is 0 Å². The minimum absolute atomic E-state index is 0.0871. The van der Waals surface area contributed by atoms with Crippen LogP contribution in [-0.2, 0) is 37.3 Å². The van der Waals surface area contributed by atoms with E-state index in [4.69, 9.17) is 4.74 Å². The minimum atomic E-state index is -3.56. The zero-order valence-electron chi connectivity index (χ0n) is 19.2. The summed E-state index contributed by atoms with van der Waals surface area (Å²) in [7, 11) is -0.593. The van der Waals surface area contributed by atoms with E-state index in [0.29, 0.717) is 37.4 Å². The number of fused-ring (bicyclic) bond motifs is 1. The molecule has 1 amide bonds. The lowest BCUT2D eigenvalue weighted by Gasteiger charge is -2.28. The zero-order chi connectivity index (χ0) is 23.5. The standard InChI is InChI=1S/C22H32N4O5S/c1-5-26-19-10-9-17(32(29,30)24(3)4)15-18(19)23-20(26)11-12-21(27)31-16(2)22(28)25-13-7-6-8-14-25/h9-10,15-16H,5-8,11-14H2,1-4H3/t16-/m1/s1. The summed E-state index contributed by atoms with van der Waals surface area (Å²) in [6.07, 6.45) is 2.71. The number of imidazole rings is 1. The summed E-state index contributed by atoms with van der Waals surface area (Å²) in [5, 5.41) is 0. The molecular weight excluding hydrogens is 432 g/mol. The number of hydrogen-bond donors (Lipinski definition) is 0. The number of amides is 1. The zero-order valence-corrected chi connectivity index (χ0v) is 20.0. The van der Waals surface area contributed by atoms with Crippen molar-refractivity contribution in [3.8, 4) is 0 Å². The van der Waals surface area contributed by atoms with Crippen molar-refractivity contribution in [1.29, 1.82) is 0 Å². The molecule has 1 aliphatic rings. The van der Waals surface area contributed by atoms with Crippen LogP contribution in [0.2, 0.25) is 0 Å². The minimum Gasteiger partial charge on any atom is -0.453 e. The largest absolute Gasteiger partial charge is 0.453 e. The van der Waals surface area contributed by atoms with Crippen molar-refractivity contribution in [2.45, 2.75) is 63.5 Å². The van der Waals surface area contributed by atoms with Gasteiger partial charge in [0.2, 0.25) is 10.0 Å². The van der Waals surface area contributed by atoms with E-state index in [1.165, 1.54) is 14.1 Å². The number of piperidine rings is 1. The van der Waals surface area contributed by atoms with E-state index in [-0.39, 0.29) is 17.2 Å². The fraction of sp³-hybridized carbons (Fsp3) is 0.591. The van der Waals surface area contributed by atoms with E-state index in [0.717, 1.165) is 29.1 Å². The maximum absolute atomic E-state index is 12.5. The maximum atomic E-state index is 12.5. The number of carbonyl (C=O) groups is 2. The number of benzene rings is 1. The molecule has 9 nitrogen and oxygen atoms in total. The summed E-state index contributed by atoms with van der Waals surface area (Å²) in [6, 6.07) is 4.86. The Labute approximate surface area is 189 Å². The highest BCUT2D eigenvalue weighted by Crippen LogP contribution is 2.23. The smallest absolute Gasteiger partial charge is 0.307 e. The third kappa shape index (κ3) is 5.12. The molecule has 0 aliphatic carbocycles. The van der Waals surface area contributed by atoms with E-state index in [1.807, 2.05) is 11.5 Å². The van der Waals surface area contributed by atoms with Crippen molar-refractivity contribution in [3.05, 3.63) is 24.0 Å². The highest BCUT2D eigenvalue weighted by Gasteiger charge is 2.25. The number of likely N-dealkylation sites (tertiary alicyclic amines) is 1. The van der Waals surface area contributed by atoms with Crippen LogP contribution < -0.4 is 0 Å². The molecule has 3 rings (SSSR count). The molecule has 0 saturated carbocycles. The molecule has 176 valence electrons. The number of hydrogen-bond acceptors (Lipinski definition) is 6. The molecule has 1 aromatic heterocycles. The average Bonchev–Trinajstić information content (AvgIpc) is 3.14. The molecule has 0 bridgehead atoms. The van der Waals surface area contributed by atoms with Crippen molar-refractivity contribution < 1.29 is 22.7 Å². The third-order valence-electron chi connectivity index (χ3n) is 5.77. The van der Waals surface area contributed by atoms with Crippen LogP contribution in [0.5, 0.6) is 0 Å². The predicted octanol–water partition coefficient (Wildman–Crippen LogP) is 2.18. The molecule has 0 radical (unpaired) electrons. The van der Waals surface area contributed by atoms with Gasteiger partial charge in [0.05, 0.1) is 22.3 Å². The molecule has 1 aromatic carbocycles. The Kier molecular flexibility index (Phi) is 7.55. The van der Waals surface area contributed by atoms with E-state index in [2.05, 4.69) is 4.98 Å². The van der Waals surface area contributed by atoms with Crippen molar-refractivity contribution >= 4 is 32.9 Å². The summed E-state index contributed by atoms with van der Waals surface area (Å²) < 4.78 is 33.3. The quantitative estimate of drug-likeness (QED) is 0.555. The van der Waals surface area contributed by atoms with Gasteiger partial charge in [-0.1, -0.05) is 0 Å². The Morgan fingerprint density at radius 3 is 2.50 bits per heavy atom. The first-order chi connectivity index (χ1) is 15.1. The van der Waals surface area contributed by atoms with Gasteiger partial charge in [-0.15, -0.1) is 0 Å². The van der Waals surface area contributed by atoms with Crippen molar-refractivity contribution in [1.82, 2.24) is 18.8 Å². The van der Waals surface area contributed by atoms with Crippen LogP contribution in [0.1, 0.15) is 45.4 Å². The molecule has 2 heterocycles. The van der Waals surface area contributed by atoms with Gasteiger partial charge in [0.15, 0.2) is 6.10 Å². The lowest BCUT2D eigenvalue weighted by molar-refractivity contribution is -0.159. The number of esters is 1. The number of ether oxygens (including phenoxy) is 1. The molecule has 0 N–H and O–H groups in total. The van der Waals surface area contributed by atoms with Gasteiger partial charge in [-0.05, 0) is 51.3 Å². The van der Waals surface area contributed by atoms with Gasteiger partial charge in [-0.25, -0.2) is 17.7 Å². The fourth-order valence-electron chi connectivity index (χ4n) is 3.97. The van der Waals surface area contributed by atoms with Crippen LogP contribution in [0.25, 0.3) is 11.0 Å². The van der Waals surface area contributed by atoms with Gasteiger partial charge in [0, 0.05) is 40.2 Å². The topological polar surface area (TPSA) is 102 Å². The first kappa shape index (κ1) is 24.2. The van der Waals surface area contributed by atoms with E-state index in [1.54, 1.807) is 30.0 Å². The van der Waals surface area contributed by atoms with E-state index >= 15 is 0 Å². The van der Waals surface area contributed by atoms with Crippen LogP contribution in [0.4, 0.5) is 0 Å². The second-order valence-corrected chi connectivity index (χ2v) is 10.4. The van der Waals surface area contributed by atoms with Crippen LogP contribution >= 0.6 is 0 Å². The Morgan fingerprint density at radius 1 is 1.19 bits per heavy atom. The van der Waals surface area contributed by atoms with Crippen LogP contribution in [-0.4, -0.2) is 72.3 Å². The highest BCUT2D eigenvalue weighted by atomic mass is 32.2. The maximum Gasteiger partial charge on any atom is 0.307 e. The third-order valence-corrected chi connectivity index (χ3v) is 7.58. The van der Waals surface area contributed by atoms with Crippen molar-refractivity contribution in [3.63, 3.8) is 0 Å². The number of carbonyl (C=O) groups excluding carboxylic acids is 2. The van der Waals surface area contributed by atoms with Gasteiger partial charge >= 0.3 is 5.97 Å². The number of sulfonamides is 1. The molecular formula is C22H32N4O5S. The lowest BCUT2D eigenvalue weighted by atomic mass is 10.1. The summed E-state index contributed by atoms with van der Waals surface area (Å²) in [5.74, 6) is 0.0794. The van der Waals surface area contributed by atoms with Gasteiger partial charge < -0.3 is 14.2 Å². The molecule has 0 spiro atoms. The number of rotatable bonds is 8. The van der Waals surface area contributed by atoms with Gasteiger partial charge in [-0.3, -0.25) is 9.59 Å². The van der Waals surface area contributed by atoms with E-state index in [9.17, 15) is 18.0 Å².